The van der Waals surface area contributed by atoms with Crippen LogP contribution in [0, 0.1) is 5.41 Å². The smallest absolute Gasteiger partial charge is 0.444 e. The summed E-state index contributed by atoms with van der Waals surface area (Å²) in [6.07, 6.45) is 2.74. The normalized spacial score (nSPS) is 30.2. The van der Waals surface area contributed by atoms with E-state index in [2.05, 4.69) is 69.9 Å². The molecule has 0 bridgehead atoms. The number of carbonyl (C=O) groups is 1. The van der Waals surface area contributed by atoms with Crippen LogP contribution in [0.5, 0.6) is 0 Å². The van der Waals surface area contributed by atoms with E-state index in [1.807, 2.05) is 25.7 Å². The van der Waals surface area contributed by atoms with Crippen molar-refractivity contribution in [1.29, 1.82) is 0 Å². The van der Waals surface area contributed by atoms with Gasteiger partial charge in [0.05, 0.1) is 11.2 Å². The van der Waals surface area contributed by atoms with Crippen molar-refractivity contribution in [1.82, 2.24) is 9.80 Å². The predicted octanol–water partition coefficient (Wildman–Crippen LogP) is 5.37. The lowest BCUT2D eigenvalue weighted by molar-refractivity contribution is -0.0687. The first-order valence-corrected chi connectivity index (χ1v) is 12.9. The van der Waals surface area contributed by atoms with Gasteiger partial charge in [-0.3, -0.25) is 4.90 Å². The van der Waals surface area contributed by atoms with Gasteiger partial charge in [0, 0.05) is 37.1 Å². The van der Waals surface area contributed by atoms with Gasteiger partial charge in [-0.25, -0.2) is 4.79 Å². The fourth-order valence-corrected chi connectivity index (χ4v) is 5.88. The Hall–Kier alpha value is -1.57. The van der Waals surface area contributed by atoms with E-state index in [-0.39, 0.29) is 35.9 Å². The summed E-state index contributed by atoms with van der Waals surface area (Å²) in [6, 6.07) is 11.1. The van der Waals surface area contributed by atoms with Crippen molar-refractivity contribution in [3.63, 3.8) is 0 Å². The lowest BCUT2D eigenvalue weighted by Gasteiger charge is -2.55. The second kappa shape index (κ2) is 8.83. The fourth-order valence-electron chi connectivity index (χ4n) is 5.88. The Labute approximate surface area is 206 Å². The third kappa shape index (κ3) is 4.76. The largest absolute Gasteiger partial charge is 0.457 e. The third-order valence-electron chi connectivity index (χ3n) is 8.51. The number of benzene rings is 1. The highest BCUT2D eigenvalue weighted by molar-refractivity contribution is 6.45. The van der Waals surface area contributed by atoms with Crippen LogP contribution in [0.4, 0.5) is 4.79 Å². The molecule has 6 nitrogen and oxygen atoms in total. The SMILES string of the molecule is C[C@H]1N(C(=O)OC(C)(C)C)C[C@@H]2N(Cc3ccccc3)C[C@@]21CCCB1OC(C)(C)C(C)(C)O1. The predicted molar refractivity (Wildman–Crippen MR) is 136 cm³/mol. The first-order valence-electron chi connectivity index (χ1n) is 12.9. The molecule has 1 aromatic rings. The summed E-state index contributed by atoms with van der Waals surface area (Å²) in [5.41, 5.74) is 0.309. The molecular weight excluding hydrogens is 427 g/mol. The number of carbonyl (C=O) groups excluding carboxylic acids is 1. The van der Waals surface area contributed by atoms with Crippen LogP contribution in [0.3, 0.4) is 0 Å². The second-order valence-electron chi connectivity index (χ2n) is 12.5. The van der Waals surface area contributed by atoms with Crippen LogP contribution in [0.25, 0.3) is 0 Å². The maximum Gasteiger partial charge on any atom is 0.457 e. The number of hydrogen-bond donors (Lipinski definition) is 0. The van der Waals surface area contributed by atoms with E-state index in [1.54, 1.807) is 0 Å². The molecule has 0 N–H and O–H groups in total. The summed E-state index contributed by atoms with van der Waals surface area (Å²) >= 11 is 0. The van der Waals surface area contributed by atoms with Crippen molar-refractivity contribution in [2.75, 3.05) is 13.1 Å². The summed E-state index contributed by atoms with van der Waals surface area (Å²) in [7, 11) is -0.168. The molecule has 0 spiro atoms. The minimum absolute atomic E-state index is 0.0787. The lowest BCUT2D eigenvalue weighted by atomic mass is 9.65. The first-order chi connectivity index (χ1) is 15.7. The Morgan fingerprint density at radius 2 is 1.74 bits per heavy atom. The third-order valence-corrected chi connectivity index (χ3v) is 8.51. The molecule has 3 atom stereocenters. The molecule has 0 aliphatic carbocycles. The molecule has 0 unspecified atom stereocenters. The van der Waals surface area contributed by atoms with E-state index in [1.165, 1.54) is 5.56 Å². The van der Waals surface area contributed by atoms with Crippen molar-refractivity contribution in [2.45, 2.75) is 110 Å². The van der Waals surface area contributed by atoms with Crippen LogP contribution in [-0.4, -0.2) is 65.0 Å². The average molecular weight is 470 g/mol. The number of ether oxygens (including phenoxy) is 1. The standard InChI is InChI=1S/C27H43BN2O4/c1-20-27(15-12-16-28-33-25(5,6)26(7,8)34-28)19-29(17-21-13-10-9-11-14-21)22(27)18-30(20)23(31)32-24(2,3)4/h9-11,13-14,20,22H,12,15-19H2,1-8H3/t20-,22+,27-/m1/s1. The van der Waals surface area contributed by atoms with Crippen molar-refractivity contribution in [3.05, 3.63) is 35.9 Å². The highest BCUT2D eigenvalue weighted by Gasteiger charge is 2.63. The number of fused-ring (bicyclic) bond motifs is 1. The maximum atomic E-state index is 13.1. The minimum atomic E-state index is -0.494. The van der Waals surface area contributed by atoms with Gasteiger partial charge in [0.25, 0.3) is 0 Å². The van der Waals surface area contributed by atoms with E-state index in [4.69, 9.17) is 14.0 Å². The fraction of sp³-hybridized carbons (Fsp3) is 0.741. The van der Waals surface area contributed by atoms with Gasteiger partial charge in [-0.15, -0.1) is 0 Å². The highest BCUT2D eigenvalue weighted by atomic mass is 16.7. The van der Waals surface area contributed by atoms with Gasteiger partial charge >= 0.3 is 13.2 Å². The molecule has 1 amide bonds. The molecule has 1 aromatic carbocycles. The minimum Gasteiger partial charge on any atom is -0.444 e. The molecule has 3 heterocycles. The molecule has 3 fully saturated rings. The van der Waals surface area contributed by atoms with Crippen molar-refractivity contribution < 1.29 is 18.8 Å². The molecule has 34 heavy (non-hydrogen) atoms. The molecule has 3 aliphatic rings. The van der Waals surface area contributed by atoms with Crippen molar-refractivity contribution >= 4 is 13.2 Å². The number of likely N-dealkylation sites (tertiary alicyclic amines) is 2. The zero-order chi connectivity index (χ0) is 24.9. The quantitative estimate of drug-likeness (QED) is 0.524. The molecule has 0 aromatic heterocycles. The molecule has 4 rings (SSSR count). The Balaban J connectivity index is 1.44. The number of amides is 1. The van der Waals surface area contributed by atoms with Crippen LogP contribution in [-0.2, 0) is 20.6 Å². The Bertz CT molecular complexity index is 868. The van der Waals surface area contributed by atoms with Gasteiger partial charge in [0.2, 0.25) is 0 Å². The number of hydrogen-bond acceptors (Lipinski definition) is 5. The molecular formula is C27H43BN2O4. The van der Waals surface area contributed by atoms with Gasteiger partial charge in [-0.1, -0.05) is 36.8 Å². The number of nitrogens with zero attached hydrogens (tertiary/aromatic N) is 2. The van der Waals surface area contributed by atoms with Gasteiger partial charge in [0.15, 0.2) is 0 Å². The van der Waals surface area contributed by atoms with E-state index in [0.717, 1.165) is 38.8 Å². The Kier molecular flexibility index (Phi) is 6.63. The monoisotopic (exact) mass is 470 g/mol. The zero-order valence-corrected chi connectivity index (χ0v) is 22.4. The van der Waals surface area contributed by atoms with Crippen LogP contribution in [0.15, 0.2) is 30.3 Å². The zero-order valence-electron chi connectivity index (χ0n) is 22.4. The average Bonchev–Trinajstić information content (AvgIpc) is 3.05. The van der Waals surface area contributed by atoms with Crippen LogP contribution >= 0.6 is 0 Å². The van der Waals surface area contributed by atoms with Crippen molar-refractivity contribution in [2.24, 2.45) is 5.41 Å². The molecule has 3 saturated heterocycles. The van der Waals surface area contributed by atoms with Crippen LogP contribution in [0.1, 0.15) is 73.8 Å². The van der Waals surface area contributed by atoms with E-state index < -0.39 is 5.60 Å². The summed E-state index contributed by atoms with van der Waals surface area (Å²) in [4.78, 5) is 17.6. The Morgan fingerprint density at radius 3 is 2.32 bits per heavy atom. The molecule has 188 valence electrons. The van der Waals surface area contributed by atoms with Crippen LogP contribution in [0.2, 0.25) is 6.32 Å². The van der Waals surface area contributed by atoms with Crippen molar-refractivity contribution in [3.8, 4) is 0 Å². The van der Waals surface area contributed by atoms with E-state index in [0.29, 0.717) is 6.04 Å². The summed E-state index contributed by atoms with van der Waals surface area (Å²) in [5.74, 6) is 0. The number of rotatable bonds is 6. The van der Waals surface area contributed by atoms with Gasteiger partial charge in [-0.2, -0.15) is 0 Å². The lowest BCUT2D eigenvalue weighted by Crippen LogP contribution is -2.65. The molecule has 0 radical (unpaired) electrons. The summed E-state index contributed by atoms with van der Waals surface area (Å²) in [6.45, 7) is 19.1. The highest BCUT2D eigenvalue weighted by Crippen LogP contribution is 2.52. The van der Waals surface area contributed by atoms with Gasteiger partial charge in [0.1, 0.15) is 5.60 Å². The summed E-state index contributed by atoms with van der Waals surface area (Å²) in [5, 5.41) is 0. The maximum absolute atomic E-state index is 13.1. The van der Waals surface area contributed by atoms with E-state index >= 15 is 0 Å². The molecule has 3 aliphatic heterocycles. The topological polar surface area (TPSA) is 51.2 Å². The summed E-state index contributed by atoms with van der Waals surface area (Å²) < 4.78 is 18.2. The second-order valence-corrected chi connectivity index (χ2v) is 12.5. The molecule has 0 saturated carbocycles. The van der Waals surface area contributed by atoms with Gasteiger partial charge < -0.3 is 18.9 Å². The Morgan fingerprint density at radius 1 is 1.12 bits per heavy atom. The first kappa shape index (κ1) is 25.5. The van der Waals surface area contributed by atoms with Crippen LogP contribution < -0.4 is 0 Å². The van der Waals surface area contributed by atoms with E-state index in [9.17, 15) is 4.79 Å². The molecule has 7 heteroatoms. The van der Waals surface area contributed by atoms with Gasteiger partial charge in [-0.05, 0) is 73.7 Å².